The highest BCUT2D eigenvalue weighted by Gasteiger charge is 2.21. The quantitative estimate of drug-likeness (QED) is 0.534. The molecule has 7 nitrogen and oxygen atoms in total. The Morgan fingerprint density at radius 1 is 1.13 bits per heavy atom. The van der Waals surface area contributed by atoms with Gasteiger partial charge in [0.15, 0.2) is 0 Å². The maximum atomic E-state index is 13.1. The third-order valence-corrected chi connectivity index (χ3v) is 5.34. The monoisotopic (exact) mass is 403 g/mol. The minimum absolute atomic E-state index is 0.167. The molecule has 4 aromatic rings. The lowest BCUT2D eigenvalue weighted by Crippen LogP contribution is -2.24. The zero-order chi connectivity index (χ0) is 21.4. The molecular formula is C23H25N5O2. The largest absolute Gasteiger partial charge is 0.348 e. The number of hydrogen-bond donors (Lipinski definition) is 1. The Balaban J connectivity index is 1.64. The highest BCUT2D eigenvalue weighted by atomic mass is 16.5. The van der Waals surface area contributed by atoms with E-state index in [1.165, 1.54) is 0 Å². The van der Waals surface area contributed by atoms with E-state index in [1.807, 2.05) is 75.7 Å². The summed E-state index contributed by atoms with van der Waals surface area (Å²) in [5.74, 6) is -0.0122. The van der Waals surface area contributed by atoms with Crippen molar-refractivity contribution in [3.8, 4) is 5.69 Å². The number of aromatic nitrogens is 4. The summed E-state index contributed by atoms with van der Waals surface area (Å²) in [6.45, 7) is 10.2. The van der Waals surface area contributed by atoms with E-state index in [0.29, 0.717) is 28.9 Å². The molecule has 154 valence electrons. The molecule has 0 unspecified atom stereocenters. The summed E-state index contributed by atoms with van der Waals surface area (Å²) in [6, 6.07) is 11.8. The lowest BCUT2D eigenvalue weighted by Gasteiger charge is -2.10. The highest BCUT2D eigenvalue weighted by molar-refractivity contribution is 6.06. The van der Waals surface area contributed by atoms with Gasteiger partial charge in [0, 0.05) is 23.5 Å². The molecule has 3 aromatic heterocycles. The van der Waals surface area contributed by atoms with Gasteiger partial charge in [-0.3, -0.25) is 4.79 Å². The van der Waals surface area contributed by atoms with Gasteiger partial charge in [0.1, 0.15) is 0 Å². The first kappa shape index (κ1) is 19.8. The fourth-order valence-electron chi connectivity index (χ4n) is 3.60. The van der Waals surface area contributed by atoms with Crippen LogP contribution in [0.2, 0.25) is 0 Å². The molecular weight excluding hydrogens is 378 g/mol. The van der Waals surface area contributed by atoms with E-state index < -0.39 is 0 Å². The van der Waals surface area contributed by atoms with Gasteiger partial charge in [-0.15, -0.1) is 0 Å². The number of carbonyl (C=O) groups is 1. The van der Waals surface area contributed by atoms with E-state index in [0.717, 1.165) is 28.3 Å². The third-order valence-electron chi connectivity index (χ3n) is 5.34. The number of rotatable bonds is 5. The van der Waals surface area contributed by atoms with Crippen LogP contribution in [0.1, 0.15) is 58.5 Å². The Hall–Kier alpha value is -3.48. The number of nitrogens with zero attached hydrogens (tertiary/aromatic N) is 4. The summed E-state index contributed by atoms with van der Waals surface area (Å²) in [5, 5.41) is 12.4. The van der Waals surface area contributed by atoms with Crippen LogP contribution in [0.25, 0.3) is 16.8 Å². The molecule has 0 atom stereocenters. The first-order chi connectivity index (χ1) is 14.4. The predicted octanol–water partition coefficient (Wildman–Crippen LogP) is 4.39. The maximum Gasteiger partial charge on any atom is 0.259 e. The number of pyridine rings is 1. The van der Waals surface area contributed by atoms with Crippen molar-refractivity contribution < 1.29 is 9.32 Å². The van der Waals surface area contributed by atoms with Crippen LogP contribution in [0, 0.1) is 20.8 Å². The molecule has 1 aromatic carbocycles. The molecule has 3 heterocycles. The summed E-state index contributed by atoms with van der Waals surface area (Å²) in [7, 11) is 0. The van der Waals surface area contributed by atoms with Crippen LogP contribution < -0.4 is 5.32 Å². The normalized spacial score (nSPS) is 11.4. The van der Waals surface area contributed by atoms with Gasteiger partial charge in [0.25, 0.3) is 11.6 Å². The fraction of sp³-hybridized carbons (Fsp3) is 0.304. The Kier molecular flexibility index (Phi) is 5.11. The zero-order valence-corrected chi connectivity index (χ0v) is 17.9. The minimum atomic E-state index is -0.179. The summed E-state index contributed by atoms with van der Waals surface area (Å²) in [6.07, 6.45) is 0. The lowest BCUT2D eigenvalue weighted by atomic mass is 10.0. The number of hydrogen-bond acceptors (Lipinski definition) is 5. The SMILES string of the molecule is Cc1nn(-c2ccccc2)c(C)c1CNC(=O)c1cc(C(C)C)nc2onc(C)c12. The first-order valence-electron chi connectivity index (χ1n) is 10.0. The molecule has 0 spiro atoms. The second kappa shape index (κ2) is 7.74. The van der Waals surface area contributed by atoms with Gasteiger partial charge in [-0.1, -0.05) is 37.2 Å². The van der Waals surface area contributed by atoms with E-state index in [-0.39, 0.29) is 11.8 Å². The van der Waals surface area contributed by atoms with Crippen molar-refractivity contribution in [1.82, 2.24) is 25.2 Å². The number of benzene rings is 1. The maximum absolute atomic E-state index is 13.1. The van der Waals surface area contributed by atoms with E-state index in [9.17, 15) is 4.79 Å². The van der Waals surface area contributed by atoms with E-state index in [4.69, 9.17) is 4.52 Å². The van der Waals surface area contributed by atoms with Gasteiger partial charge in [0.2, 0.25) is 0 Å². The van der Waals surface area contributed by atoms with Crippen molar-refractivity contribution in [3.63, 3.8) is 0 Å². The Morgan fingerprint density at radius 2 is 1.87 bits per heavy atom. The smallest absolute Gasteiger partial charge is 0.259 e. The molecule has 0 bridgehead atoms. The van der Waals surface area contributed by atoms with E-state index in [1.54, 1.807) is 0 Å². The predicted molar refractivity (Wildman–Crippen MR) is 115 cm³/mol. The topological polar surface area (TPSA) is 85.8 Å². The van der Waals surface area contributed by atoms with Crippen molar-refractivity contribution in [2.45, 2.75) is 47.1 Å². The van der Waals surface area contributed by atoms with E-state index in [2.05, 4.69) is 20.6 Å². The highest BCUT2D eigenvalue weighted by Crippen LogP contribution is 2.25. The molecule has 0 aliphatic heterocycles. The summed E-state index contributed by atoms with van der Waals surface area (Å²) in [4.78, 5) is 17.6. The number of carbonyl (C=O) groups excluding carboxylic acids is 1. The molecule has 0 aliphatic carbocycles. The van der Waals surface area contributed by atoms with Gasteiger partial charge in [0.05, 0.1) is 28.0 Å². The van der Waals surface area contributed by atoms with Crippen molar-refractivity contribution in [2.24, 2.45) is 0 Å². The van der Waals surface area contributed by atoms with Crippen LogP contribution in [0.5, 0.6) is 0 Å². The number of fused-ring (bicyclic) bond motifs is 1. The number of aryl methyl sites for hydroxylation is 2. The van der Waals surface area contributed by atoms with Crippen LogP contribution in [0.4, 0.5) is 0 Å². The number of nitrogens with one attached hydrogen (secondary N) is 1. The van der Waals surface area contributed by atoms with Crippen molar-refractivity contribution in [3.05, 3.63) is 70.3 Å². The van der Waals surface area contributed by atoms with Gasteiger partial charge in [-0.05, 0) is 44.9 Å². The van der Waals surface area contributed by atoms with Crippen molar-refractivity contribution >= 4 is 17.0 Å². The lowest BCUT2D eigenvalue weighted by molar-refractivity contribution is 0.0952. The van der Waals surface area contributed by atoms with Gasteiger partial charge < -0.3 is 9.84 Å². The Bertz CT molecular complexity index is 1220. The molecule has 0 saturated heterocycles. The molecule has 0 aliphatic rings. The Labute approximate surface area is 175 Å². The summed E-state index contributed by atoms with van der Waals surface area (Å²) >= 11 is 0. The Morgan fingerprint density at radius 3 is 2.57 bits per heavy atom. The second-order valence-electron chi connectivity index (χ2n) is 7.78. The van der Waals surface area contributed by atoms with Gasteiger partial charge in [-0.2, -0.15) is 5.10 Å². The first-order valence-corrected chi connectivity index (χ1v) is 10.0. The minimum Gasteiger partial charge on any atom is -0.348 e. The molecule has 30 heavy (non-hydrogen) atoms. The van der Waals surface area contributed by atoms with Crippen LogP contribution in [0.3, 0.4) is 0 Å². The molecule has 4 rings (SSSR count). The molecule has 7 heteroatoms. The third kappa shape index (κ3) is 3.47. The average Bonchev–Trinajstić information content (AvgIpc) is 3.25. The average molecular weight is 403 g/mol. The molecule has 1 N–H and O–H groups in total. The standard InChI is InChI=1S/C23H25N5O2/c1-13(2)20-11-18(21-15(4)27-30-23(21)25-20)22(29)24-12-19-14(3)26-28(16(19)5)17-9-7-6-8-10-17/h6-11,13H,12H2,1-5H3,(H,24,29). The fourth-order valence-corrected chi connectivity index (χ4v) is 3.60. The number of para-hydroxylation sites is 1. The van der Waals surface area contributed by atoms with Crippen LogP contribution in [0.15, 0.2) is 40.9 Å². The molecule has 0 saturated carbocycles. The van der Waals surface area contributed by atoms with Crippen LogP contribution in [-0.2, 0) is 6.54 Å². The second-order valence-corrected chi connectivity index (χ2v) is 7.78. The molecule has 0 fully saturated rings. The van der Waals surface area contributed by atoms with E-state index >= 15 is 0 Å². The molecule has 1 amide bonds. The van der Waals surface area contributed by atoms with Crippen molar-refractivity contribution in [1.29, 1.82) is 0 Å². The van der Waals surface area contributed by atoms with Crippen LogP contribution in [-0.4, -0.2) is 25.8 Å². The van der Waals surface area contributed by atoms with Gasteiger partial charge in [-0.25, -0.2) is 9.67 Å². The summed E-state index contributed by atoms with van der Waals surface area (Å²) < 4.78 is 7.23. The number of amides is 1. The summed E-state index contributed by atoms with van der Waals surface area (Å²) in [5.41, 5.74) is 6.27. The zero-order valence-electron chi connectivity index (χ0n) is 17.9. The molecule has 0 radical (unpaired) electrons. The van der Waals surface area contributed by atoms with Crippen molar-refractivity contribution in [2.75, 3.05) is 0 Å². The van der Waals surface area contributed by atoms with Gasteiger partial charge >= 0.3 is 0 Å². The van der Waals surface area contributed by atoms with Crippen LogP contribution >= 0.6 is 0 Å².